The van der Waals surface area contributed by atoms with Crippen LogP contribution in [0.2, 0.25) is 0 Å². The number of nitrogens with zero attached hydrogens (tertiary/aromatic N) is 2. The summed E-state index contributed by atoms with van der Waals surface area (Å²) >= 11 is 0. The maximum absolute atomic E-state index is 13.4. The van der Waals surface area contributed by atoms with Gasteiger partial charge in [0.2, 0.25) is 0 Å². The zero-order valence-electron chi connectivity index (χ0n) is 8.24. The van der Waals surface area contributed by atoms with E-state index in [1.165, 1.54) is 6.07 Å². The Hall–Kier alpha value is -1.97. The quantitative estimate of drug-likeness (QED) is 0.813. The molecule has 0 saturated heterocycles. The van der Waals surface area contributed by atoms with Crippen LogP contribution in [-0.2, 0) is 0 Å². The van der Waals surface area contributed by atoms with E-state index in [0.717, 1.165) is 0 Å². The molecule has 4 heteroatoms. The Morgan fingerprint density at radius 1 is 1.07 bits per heavy atom. The van der Waals surface area contributed by atoms with Gasteiger partial charge in [-0.15, -0.1) is 10.2 Å². The summed E-state index contributed by atoms with van der Waals surface area (Å²) in [6.45, 7) is 0. The van der Waals surface area contributed by atoms with Crippen molar-refractivity contribution >= 4 is 5.82 Å². The lowest BCUT2D eigenvalue weighted by molar-refractivity contribution is 0.630. The Balaban J connectivity index is 2.42. The molecule has 0 radical (unpaired) electrons. The van der Waals surface area contributed by atoms with Crippen LogP contribution in [0, 0.1) is 5.82 Å². The first-order chi connectivity index (χ1) is 7.31. The maximum Gasteiger partial charge on any atom is 0.148 e. The van der Waals surface area contributed by atoms with E-state index in [1.807, 2.05) is 0 Å². The largest absolute Gasteiger partial charge is 0.372 e. The highest BCUT2D eigenvalue weighted by molar-refractivity contribution is 5.60. The van der Waals surface area contributed by atoms with E-state index in [-0.39, 0.29) is 5.82 Å². The monoisotopic (exact) mass is 203 g/mol. The second-order valence-corrected chi connectivity index (χ2v) is 3.03. The fourth-order valence-corrected chi connectivity index (χ4v) is 1.28. The standard InChI is InChI=1S/C11H10FN3/c1-13-11-7-6-10(14-15-11)8-4-2-3-5-9(8)12/h2-7H,1H3,(H,13,15). The van der Waals surface area contributed by atoms with Gasteiger partial charge in [-0.2, -0.15) is 0 Å². The number of rotatable bonds is 2. The number of aromatic nitrogens is 2. The lowest BCUT2D eigenvalue weighted by atomic mass is 10.1. The Morgan fingerprint density at radius 3 is 2.47 bits per heavy atom. The van der Waals surface area contributed by atoms with E-state index >= 15 is 0 Å². The molecule has 15 heavy (non-hydrogen) atoms. The van der Waals surface area contributed by atoms with Crippen LogP contribution in [-0.4, -0.2) is 17.2 Å². The Kier molecular flexibility index (Phi) is 2.58. The first-order valence-corrected chi connectivity index (χ1v) is 4.57. The van der Waals surface area contributed by atoms with E-state index < -0.39 is 0 Å². The third kappa shape index (κ3) is 1.93. The van der Waals surface area contributed by atoms with Gasteiger partial charge in [0.1, 0.15) is 11.6 Å². The molecule has 2 rings (SSSR count). The molecule has 1 aromatic heterocycles. The minimum absolute atomic E-state index is 0.288. The van der Waals surface area contributed by atoms with Gasteiger partial charge in [0.25, 0.3) is 0 Å². The Morgan fingerprint density at radius 2 is 1.87 bits per heavy atom. The molecule has 0 spiro atoms. The van der Waals surface area contributed by atoms with Crippen molar-refractivity contribution in [3.8, 4) is 11.3 Å². The number of hydrogen-bond donors (Lipinski definition) is 1. The fourth-order valence-electron chi connectivity index (χ4n) is 1.28. The first kappa shape index (κ1) is 9.58. The van der Waals surface area contributed by atoms with Crippen LogP contribution in [0.25, 0.3) is 11.3 Å². The van der Waals surface area contributed by atoms with Crippen molar-refractivity contribution < 1.29 is 4.39 Å². The lowest BCUT2D eigenvalue weighted by Crippen LogP contribution is -1.96. The minimum Gasteiger partial charge on any atom is -0.372 e. The highest BCUT2D eigenvalue weighted by Crippen LogP contribution is 2.19. The molecule has 0 saturated carbocycles. The van der Waals surface area contributed by atoms with Gasteiger partial charge in [0, 0.05) is 12.6 Å². The summed E-state index contributed by atoms with van der Waals surface area (Å²) in [7, 11) is 1.76. The zero-order chi connectivity index (χ0) is 10.7. The molecule has 1 heterocycles. The minimum atomic E-state index is -0.288. The highest BCUT2D eigenvalue weighted by atomic mass is 19.1. The Labute approximate surface area is 87.0 Å². The van der Waals surface area contributed by atoms with Crippen molar-refractivity contribution in [2.24, 2.45) is 0 Å². The maximum atomic E-state index is 13.4. The van der Waals surface area contributed by atoms with Crippen molar-refractivity contribution in [3.63, 3.8) is 0 Å². The van der Waals surface area contributed by atoms with E-state index in [1.54, 1.807) is 37.4 Å². The van der Waals surface area contributed by atoms with Crippen molar-refractivity contribution in [1.82, 2.24) is 10.2 Å². The van der Waals surface area contributed by atoms with E-state index in [4.69, 9.17) is 0 Å². The third-order valence-corrected chi connectivity index (χ3v) is 2.07. The van der Waals surface area contributed by atoms with Crippen LogP contribution >= 0.6 is 0 Å². The zero-order valence-corrected chi connectivity index (χ0v) is 8.24. The summed E-state index contributed by atoms with van der Waals surface area (Å²) in [5.41, 5.74) is 1.000. The van der Waals surface area contributed by atoms with E-state index in [0.29, 0.717) is 17.1 Å². The summed E-state index contributed by atoms with van der Waals surface area (Å²) in [4.78, 5) is 0. The van der Waals surface area contributed by atoms with Gasteiger partial charge in [0.05, 0.1) is 5.69 Å². The lowest BCUT2D eigenvalue weighted by Gasteiger charge is -2.02. The summed E-state index contributed by atoms with van der Waals surface area (Å²) in [5, 5.41) is 10.7. The van der Waals surface area contributed by atoms with Gasteiger partial charge in [-0.05, 0) is 24.3 Å². The van der Waals surface area contributed by atoms with Gasteiger partial charge in [-0.3, -0.25) is 0 Å². The highest BCUT2D eigenvalue weighted by Gasteiger charge is 2.05. The molecular weight excluding hydrogens is 193 g/mol. The predicted molar refractivity (Wildman–Crippen MR) is 57.0 cm³/mol. The van der Waals surface area contributed by atoms with Crippen LogP contribution < -0.4 is 5.32 Å². The predicted octanol–water partition coefficient (Wildman–Crippen LogP) is 2.32. The number of anilines is 1. The molecule has 0 fully saturated rings. The molecule has 0 bridgehead atoms. The molecule has 0 amide bonds. The third-order valence-electron chi connectivity index (χ3n) is 2.07. The van der Waals surface area contributed by atoms with Crippen molar-refractivity contribution in [2.75, 3.05) is 12.4 Å². The molecule has 0 unspecified atom stereocenters. The van der Waals surface area contributed by atoms with Crippen molar-refractivity contribution in [1.29, 1.82) is 0 Å². The van der Waals surface area contributed by atoms with E-state index in [2.05, 4.69) is 15.5 Å². The van der Waals surface area contributed by atoms with E-state index in [9.17, 15) is 4.39 Å². The summed E-state index contributed by atoms with van der Waals surface area (Å²) in [6.07, 6.45) is 0. The molecule has 76 valence electrons. The van der Waals surface area contributed by atoms with Gasteiger partial charge in [-0.1, -0.05) is 12.1 Å². The number of benzene rings is 1. The second kappa shape index (κ2) is 4.04. The molecule has 1 N–H and O–H groups in total. The Bertz CT molecular complexity index is 454. The van der Waals surface area contributed by atoms with Gasteiger partial charge in [-0.25, -0.2) is 4.39 Å². The average molecular weight is 203 g/mol. The number of hydrogen-bond acceptors (Lipinski definition) is 3. The van der Waals surface area contributed by atoms with Crippen molar-refractivity contribution in [3.05, 3.63) is 42.2 Å². The SMILES string of the molecule is CNc1ccc(-c2ccccc2F)nn1. The topological polar surface area (TPSA) is 37.8 Å². The molecule has 3 nitrogen and oxygen atoms in total. The normalized spacial score (nSPS) is 10.0. The van der Waals surface area contributed by atoms with Crippen LogP contribution in [0.5, 0.6) is 0 Å². The molecule has 0 aliphatic rings. The molecule has 0 aliphatic carbocycles. The van der Waals surface area contributed by atoms with Crippen LogP contribution in [0.15, 0.2) is 36.4 Å². The molecule has 0 aliphatic heterocycles. The van der Waals surface area contributed by atoms with Crippen LogP contribution in [0.3, 0.4) is 0 Å². The average Bonchev–Trinajstić information content (AvgIpc) is 2.30. The van der Waals surface area contributed by atoms with Crippen molar-refractivity contribution in [2.45, 2.75) is 0 Å². The van der Waals surface area contributed by atoms with Crippen LogP contribution in [0.4, 0.5) is 10.2 Å². The van der Waals surface area contributed by atoms with Gasteiger partial charge < -0.3 is 5.32 Å². The molecule has 2 aromatic rings. The molecular formula is C11H10FN3. The summed E-state index contributed by atoms with van der Waals surface area (Å²) in [5.74, 6) is 0.374. The smallest absolute Gasteiger partial charge is 0.148 e. The summed E-state index contributed by atoms with van der Waals surface area (Å²) in [6, 6.07) is 9.99. The second-order valence-electron chi connectivity index (χ2n) is 3.03. The number of nitrogens with one attached hydrogen (secondary N) is 1. The molecule has 0 atom stereocenters. The van der Waals surface area contributed by atoms with Crippen LogP contribution in [0.1, 0.15) is 0 Å². The summed E-state index contributed by atoms with van der Waals surface area (Å²) < 4.78 is 13.4. The molecule has 1 aromatic carbocycles. The first-order valence-electron chi connectivity index (χ1n) is 4.57. The number of halogens is 1. The van der Waals surface area contributed by atoms with Gasteiger partial charge in [0.15, 0.2) is 0 Å². The van der Waals surface area contributed by atoms with Gasteiger partial charge >= 0.3 is 0 Å². The fraction of sp³-hybridized carbons (Fsp3) is 0.0909.